The van der Waals surface area contributed by atoms with E-state index < -0.39 is 11.7 Å². The van der Waals surface area contributed by atoms with E-state index in [1.54, 1.807) is 10.7 Å². The first-order valence-electron chi connectivity index (χ1n) is 6.81. The number of amides is 1. The van der Waals surface area contributed by atoms with Crippen LogP contribution in [-0.4, -0.2) is 20.7 Å². The highest BCUT2D eigenvalue weighted by Gasteiger charge is 2.10. The molecule has 0 spiro atoms. The third-order valence-electron chi connectivity index (χ3n) is 3.16. The summed E-state index contributed by atoms with van der Waals surface area (Å²) in [5.41, 5.74) is 1.23. The summed E-state index contributed by atoms with van der Waals surface area (Å²) in [5, 5.41) is 7.37. The highest BCUT2D eigenvalue weighted by Crippen LogP contribution is 2.16. The van der Waals surface area contributed by atoms with Gasteiger partial charge < -0.3 is 0 Å². The van der Waals surface area contributed by atoms with Gasteiger partial charge in [0, 0.05) is 10.6 Å². The van der Waals surface area contributed by atoms with Gasteiger partial charge in [-0.2, -0.15) is 0 Å². The summed E-state index contributed by atoms with van der Waals surface area (Å²) >= 11 is 6.10. The molecule has 0 fully saturated rings. The minimum absolute atomic E-state index is 0.173. The first-order valence-corrected chi connectivity index (χ1v) is 7.19. The molecule has 23 heavy (non-hydrogen) atoms. The Morgan fingerprint density at radius 3 is 2.65 bits per heavy atom. The normalized spacial score (nSPS) is 10.5. The number of anilines is 1. The quantitative estimate of drug-likeness (QED) is 0.798. The van der Waals surface area contributed by atoms with Gasteiger partial charge in [0.15, 0.2) is 0 Å². The lowest BCUT2D eigenvalue weighted by Gasteiger charge is -2.03. The Kier molecular flexibility index (Phi) is 4.34. The number of carbonyl (C=O) groups excluding carboxylic acids is 1. The maximum absolute atomic E-state index is 12.8. The number of hydrogen-bond acceptors (Lipinski definition) is 3. The molecule has 0 aliphatic rings. The Hall–Kier alpha value is -2.73. The van der Waals surface area contributed by atoms with Crippen molar-refractivity contribution in [3.63, 3.8) is 0 Å². The van der Waals surface area contributed by atoms with Gasteiger partial charge in [-0.15, -0.1) is 5.10 Å². The van der Waals surface area contributed by atoms with Gasteiger partial charge in [-0.1, -0.05) is 29.8 Å². The van der Waals surface area contributed by atoms with Crippen LogP contribution in [0, 0.1) is 5.82 Å². The molecular weight excluding hydrogens is 319 g/mol. The van der Waals surface area contributed by atoms with Crippen LogP contribution in [-0.2, 0) is 6.54 Å². The number of rotatable bonds is 4. The van der Waals surface area contributed by atoms with Gasteiger partial charge in [-0.05, 0) is 35.9 Å². The Morgan fingerprint density at radius 1 is 1.17 bits per heavy atom. The Labute approximate surface area is 136 Å². The number of benzene rings is 2. The molecule has 0 aliphatic heterocycles. The molecule has 3 aromatic rings. The third kappa shape index (κ3) is 3.73. The molecule has 1 N–H and O–H groups in total. The number of carbonyl (C=O) groups is 1. The topological polar surface area (TPSA) is 59.8 Å². The minimum atomic E-state index is -0.402. The molecule has 116 valence electrons. The smallest absolute Gasteiger partial charge is 0.258 e. The van der Waals surface area contributed by atoms with Crippen molar-refractivity contribution in [3.05, 3.63) is 76.8 Å². The predicted molar refractivity (Wildman–Crippen MR) is 84.9 cm³/mol. The second-order valence-corrected chi connectivity index (χ2v) is 5.23. The van der Waals surface area contributed by atoms with Crippen molar-refractivity contribution >= 4 is 23.5 Å². The summed E-state index contributed by atoms with van der Waals surface area (Å²) in [6.45, 7) is 0.444. The standard InChI is InChI=1S/C16H12ClFN4O/c17-14-4-2-1-3-12(14)9-22-10-19-16(21-22)20-15(23)11-5-7-13(18)8-6-11/h1-8,10H,9H2,(H,20,21,23). The number of nitrogens with one attached hydrogen (secondary N) is 1. The molecule has 2 aromatic carbocycles. The fourth-order valence-electron chi connectivity index (χ4n) is 2.00. The van der Waals surface area contributed by atoms with Gasteiger partial charge in [-0.3, -0.25) is 10.1 Å². The number of aromatic nitrogens is 3. The lowest BCUT2D eigenvalue weighted by Crippen LogP contribution is -2.13. The van der Waals surface area contributed by atoms with Crippen LogP contribution in [0.1, 0.15) is 15.9 Å². The zero-order valence-corrected chi connectivity index (χ0v) is 12.7. The highest BCUT2D eigenvalue weighted by molar-refractivity contribution is 6.31. The van der Waals surface area contributed by atoms with Crippen LogP contribution >= 0.6 is 11.6 Å². The van der Waals surface area contributed by atoms with E-state index in [0.717, 1.165) is 5.56 Å². The largest absolute Gasteiger partial charge is 0.289 e. The zero-order chi connectivity index (χ0) is 16.2. The Morgan fingerprint density at radius 2 is 1.91 bits per heavy atom. The van der Waals surface area contributed by atoms with Crippen molar-refractivity contribution in [2.45, 2.75) is 6.54 Å². The fourth-order valence-corrected chi connectivity index (χ4v) is 2.20. The van der Waals surface area contributed by atoms with Gasteiger partial charge in [0.2, 0.25) is 5.95 Å². The summed E-state index contributed by atoms with van der Waals surface area (Å²) in [6.07, 6.45) is 1.50. The van der Waals surface area contributed by atoms with E-state index in [-0.39, 0.29) is 5.95 Å². The summed E-state index contributed by atoms with van der Waals surface area (Å²) in [5.74, 6) is -0.629. The maximum Gasteiger partial charge on any atom is 0.258 e. The summed E-state index contributed by atoms with van der Waals surface area (Å²) in [4.78, 5) is 16.0. The molecule has 1 aromatic heterocycles. The van der Waals surface area contributed by atoms with Crippen LogP contribution < -0.4 is 5.32 Å². The molecule has 3 rings (SSSR count). The van der Waals surface area contributed by atoms with Crippen LogP contribution in [0.5, 0.6) is 0 Å². The van der Waals surface area contributed by atoms with Crippen LogP contribution in [0.15, 0.2) is 54.9 Å². The second kappa shape index (κ2) is 6.58. The summed E-state index contributed by atoms with van der Waals surface area (Å²) < 4.78 is 14.4. The van der Waals surface area contributed by atoms with Gasteiger partial charge >= 0.3 is 0 Å². The van der Waals surface area contributed by atoms with Crippen LogP contribution in [0.3, 0.4) is 0 Å². The first kappa shape index (κ1) is 15.2. The van der Waals surface area contributed by atoms with Gasteiger partial charge in [0.25, 0.3) is 5.91 Å². The molecule has 1 heterocycles. The molecule has 1 amide bonds. The van der Waals surface area contributed by atoms with Crippen molar-refractivity contribution in [2.75, 3.05) is 5.32 Å². The van der Waals surface area contributed by atoms with Crippen molar-refractivity contribution < 1.29 is 9.18 Å². The van der Waals surface area contributed by atoms with Crippen LogP contribution in [0.25, 0.3) is 0 Å². The van der Waals surface area contributed by atoms with E-state index in [9.17, 15) is 9.18 Å². The SMILES string of the molecule is O=C(Nc1ncn(Cc2ccccc2Cl)n1)c1ccc(F)cc1. The number of nitrogens with zero attached hydrogens (tertiary/aromatic N) is 3. The fraction of sp³-hybridized carbons (Fsp3) is 0.0625. The highest BCUT2D eigenvalue weighted by atomic mass is 35.5. The average molecular weight is 331 g/mol. The van der Waals surface area contributed by atoms with Crippen LogP contribution in [0.4, 0.5) is 10.3 Å². The molecule has 0 unspecified atom stereocenters. The molecule has 5 nitrogen and oxygen atoms in total. The lowest BCUT2D eigenvalue weighted by molar-refractivity contribution is 0.102. The first-order chi connectivity index (χ1) is 11.1. The average Bonchev–Trinajstić information content (AvgIpc) is 2.97. The van der Waals surface area contributed by atoms with Gasteiger partial charge in [-0.25, -0.2) is 14.1 Å². The summed E-state index contributed by atoms with van der Waals surface area (Å²) in [7, 11) is 0. The predicted octanol–water partition coefficient (Wildman–Crippen LogP) is 3.37. The van der Waals surface area contributed by atoms with Crippen molar-refractivity contribution in [2.24, 2.45) is 0 Å². The molecule has 0 bridgehead atoms. The van der Waals surface area contributed by atoms with E-state index in [2.05, 4.69) is 15.4 Å². The van der Waals surface area contributed by atoms with E-state index in [0.29, 0.717) is 17.1 Å². The summed E-state index contributed by atoms with van der Waals surface area (Å²) in [6, 6.07) is 12.6. The molecule has 0 saturated heterocycles. The molecule has 0 radical (unpaired) electrons. The Bertz CT molecular complexity index is 832. The minimum Gasteiger partial charge on any atom is -0.289 e. The van der Waals surface area contributed by atoms with E-state index in [1.165, 1.54) is 30.6 Å². The monoisotopic (exact) mass is 330 g/mol. The van der Waals surface area contributed by atoms with Gasteiger partial charge in [0.1, 0.15) is 12.1 Å². The third-order valence-corrected chi connectivity index (χ3v) is 3.53. The molecule has 7 heteroatoms. The van der Waals surface area contributed by atoms with Crippen molar-refractivity contribution in [1.82, 2.24) is 14.8 Å². The van der Waals surface area contributed by atoms with E-state index in [1.807, 2.05) is 18.2 Å². The van der Waals surface area contributed by atoms with E-state index in [4.69, 9.17) is 11.6 Å². The number of halogens is 2. The van der Waals surface area contributed by atoms with E-state index >= 15 is 0 Å². The molecule has 0 saturated carbocycles. The maximum atomic E-state index is 12.8. The van der Waals surface area contributed by atoms with Crippen molar-refractivity contribution in [1.29, 1.82) is 0 Å². The molecule has 0 atom stereocenters. The lowest BCUT2D eigenvalue weighted by atomic mass is 10.2. The molecular formula is C16H12ClFN4O. The van der Waals surface area contributed by atoms with Crippen molar-refractivity contribution in [3.8, 4) is 0 Å². The van der Waals surface area contributed by atoms with Gasteiger partial charge in [0.05, 0.1) is 6.54 Å². The van der Waals surface area contributed by atoms with Crippen LogP contribution in [0.2, 0.25) is 5.02 Å². The zero-order valence-electron chi connectivity index (χ0n) is 11.9. The molecule has 0 aliphatic carbocycles. The Balaban J connectivity index is 1.68. The number of hydrogen-bond donors (Lipinski definition) is 1. The second-order valence-electron chi connectivity index (χ2n) is 4.82.